The summed E-state index contributed by atoms with van der Waals surface area (Å²) in [5, 5.41) is 6.34. The van der Waals surface area contributed by atoms with Crippen LogP contribution in [0.4, 0.5) is 0 Å². The zero-order chi connectivity index (χ0) is 12.1. The maximum absolute atomic E-state index is 11.7. The smallest absolute Gasteiger partial charge is 0.234 e. The minimum Gasteiger partial charge on any atom is -0.385 e. The van der Waals surface area contributed by atoms with Crippen LogP contribution in [0, 0.1) is 11.8 Å². The molecule has 1 amide bonds. The molecule has 2 aliphatic heterocycles. The molecule has 2 saturated heterocycles. The fourth-order valence-corrected chi connectivity index (χ4v) is 2.78. The van der Waals surface area contributed by atoms with Gasteiger partial charge in [0.2, 0.25) is 5.91 Å². The Morgan fingerprint density at radius 2 is 2.12 bits per heavy atom. The molecule has 98 valence electrons. The molecule has 0 unspecified atom stereocenters. The second-order valence-corrected chi connectivity index (χ2v) is 5.07. The maximum Gasteiger partial charge on any atom is 0.234 e. The van der Waals surface area contributed by atoms with Crippen LogP contribution < -0.4 is 10.6 Å². The van der Waals surface area contributed by atoms with Gasteiger partial charge in [-0.2, -0.15) is 0 Å². The Bertz CT molecular complexity index is 248. The van der Waals surface area contributed by atoms with Gasteiger partial charge in [-0.25, -0.2) is 0 Å². The Morgan fingerprint density at radius 1 is 1.41 bits per heavy atom. The van der Waals surface area contributed by atoms with Crippen molar-refractivity contribution in [2.75, 3.05) is 53.0 Å². The first kappa shape index (κ1) is 12.8. The van der Waals surface area contributed by atoms with Crippen molar-refractivity contribution >= 4 is 5.91 Å². The summed E-state index contributed by atoms with van der Waals surface area (Å²) in [4.78, 5) is 14.0. The van der Waals surface area contributed by atoms with E-state index in [2.05, 4.69) is 15.5 Å². The lowest BCUT2D eigenvalue weighted by molar-refractivity contribution is -0.122. The van der Waals surface area contributed by atoms with Crippen molar-refractivity contribution in [2.24, 2.45) is 11.8 Å². The van der Waals surface area contributed by atoms with Crippen LogP contribution in [-0.2, 0) is 9.53 Å². The number of methoxy groups -OCH3 is 1. The number of nitrogens with one attached hydrogen (secondary N) is 2. The zero-order valence-corrected chi connectivity index (χ0v) is 10.6. The molecule has 2 atom stereocenters. The highest BCUT2D eigenvalue weighted by Gasteiger charge is 2.36. The first-order valence-electron chi connectivity index (χ1n) is 6.48. The predicted octanol–water partition coefficient (Wildman–Crippen LogP) is -0.710. The Labute approximate surface area is 103 Å². The largest absolute Gasteiger partial charge is 0.385 e. The highest BCUT2D eigenvalue weighted by molar-refractivity contribution is 5.78. The van der Waals surface area contributed by atoms with Gasteiger partial charge in [-0.3, -0.25) is 9.69 Å². The van der Waals surface area contributed by atoms with Crippen molar-refractivity contribution in [3.8, 4) is 0 Å². The number of carbonyl (C=O) groups excluding carboxylic acids is 1. The van der Waals surface area contributed by atoms with E-state index in [4.69, 9.17) is 4.74 Å². The molecular weight excluding hydrogens is 218 g/mol. The van der Waals surface area contributed by atoms with Gasteiger partial charge in [0.25, 0.3) is 0 Å². The number of amides is 1. The zero-order valence-electron chi connectivity index (χ0n) is 10.6. The lowest BCUT2D eigenvalue weighted by atomic mass is 10.0. The van der Waals surface area contributed by atoms with E-state index in [1.807, 2.05) is 0 Å². The van der Waals surface area contributed by atoms with Crippen LogP contribution in [0.1, 0.15) is 6.42 Å². The monoisotopic (exact) mass is 241 g/mol. The van der Waals surface area contributed by atoms with Crippen LogP contribution in [0.2, 0.25) is 0 Å². The van der Waals surface area contributed by atoms with Gasteiger partial charge in [0, 0.05) is 33.4 Å². The average molecular weight is 241 g/mol. The normalized spacial score (nSPS) is 28.3. The molecule has 2 aliphatic rings. The van der Waals surface area contributed by atoms with Crippen LogP contribution in [0.5, 0.6) is 0 Å². The maximum atomic E-state index is 11.7. The van der Waals surface area contributed by atoms with E-state index in [1.54, 1.807) is 7.11 Å². The van der Waals surface area contributed by atoms with Crippen molar-refractivity contribution in [1.29, 1.82) is 0 Å². The standard InChI is InChI=1S/C12H23N3O2/c1-17-4-2-3-14-12(16)9-15-7-10-5-13-6-11(10)8-15/h10-11,13H,2-9H2,1H3,(H,14,16)/t10-,11+. The molecule has 0 aromatic heterocycles. The summed E-state index contributed by atoms with van der Waals surface area (Å²) in [6.45, 7) is 6.37. The Kier molecular flexibility index (Phi) is 4.76. The van der Waals surface area contributed by atoms with Gasteiger partial charge in [0.1, 0.15) is 0 Å². The molecule has 2 rings (SSSR count). The van der Waals surface area contributed by atoms with Gasteiger partial charge < -0.3 is 15.4 Å². The molecule has 2 heterocycles. The molecule has 0 bridgehead atoms. The van der Waals surface area contributed by atoms with Gasteiger partial charge in [-0.05, 0) is 31.3 Å². The number of nitrogens with zero attached hydrogens (tertiary/aromatic N) is 1. The van der Waals surface area contributed by atoms with Crippen LogP contribution in [0.25, 0.3) is 0 Å². The Balaban J connectivity index is 1.59. The van der Waals surface area contributed by atoms with Gasteiger partial charge in [-0.1, -0.05) is 0 Å². The second-order valence-electron chi connectivity index (χ2n) is 5.07. The first-order valence-corrected chi connectivity index (χ1v) is 6.48. The van der Waals surface area contributed by atoms with E-state index >= 15 is 0 Å². The van der Waals surface area contributed by atoms with Gasteiger partial charge in [0.05, 0.1) is 6.54 Å². The molecule has 17 heavy (non-hydrogen) atoms. The quantitative estimate of drug-likeness (QED) is 0.603. The van der Waals surface area contributed by atoms with Gasteiger partial charge in [-0.15, -0.1) is 0 Å². The summed E-state index contributed by atoms with van der Waals surface area (Å²) in [6, 6.07) is 0. The molecule has 0 aliphatic carbocycles. The predicted molar refractivity (Wildman–Crippen MR) is 65.8 cm³/mol. The fourth-order valence-electron chi connectivity index (χ4n) is 2.78. The molecule has 0 aromatic carbocycles. The highest BCUT2D eigenvalue weighted by atomic mass is 16.5. The van der Waals surface area contributed by atoms with E-state index < -0.39 is 0 Å². The summed E-state index contributed by atoms with van der Waals surface area (Å²) in [6.07, 6.45) is 0.886. The Hall–Kier alpha value is -0.650. The minimum absolute atomic E-state index is 0.147. The van der Waals surface area contributed by atoms with E-state index in [0.717, 1.165) is 51.0 Å². The van der Waals surface area contributed by atoms with Crippen molar-refractivity contribution in [3.05, 3.63) is 0 Å². The SMILES string of the molecule is COCCCNC(=O)CN1C[C@H]2CNC[C@H]2C1. The van der Waals surface area contributed by atoms with Crippen LogP contribution >= 0.6 is 0 Å². The number of fused-ring (bicyclic) bond motifs is 1. The van der Waals surface area contributed by atoms with Gasteiger partial charge >= 0.3 is 0 Å². The van der Waals surface area contributed by atoms with E-state index in [1.165, 1.54) is 0 Å². The topological polar surface area (TPSA) is 53.6 Å². The highest BCUT2D eigenvalue weighted by Crippen LogP contribution is 2.25. The molecular formula is C12H23N3O2. The number of hydrogen-bond acceptors (Lipinski definition) is 4. The third kappa shape index (κ3) is 3.66. The molecule has 5 heteroatoms. The van der Waals surface area contributed by atoms with E-state index in [0.29, 0.717) is 13.2 Å². The number of hydrogen-bond donors (Lipinski definition) is 2. The van der Waals surface area contributed by atoms with Crippen LogP contribution in [0.3, 0.4) is 0 Å². The number of ether oxygens (including phenoxy) is 1. The summed E-state index contributed by atoms with van der Waals surface area (Å²) in [7, 11) is 1.68. The summed E-state index contributed by atoms with van der Waals surface area (Å²) >= 11 is 0. The van der Waals surface area contributed by atoms with Crippen LogP contribution in [-0.4, -0.2) is 63.8 Å². The molecule has 0 spiro atoms. The molecule has 0 radical (unpaired) electrons. The number of likely N-dealkylation sites (tertiary alicyclic amines) is 1. The third-order valence-corrected chi connectivity index (χ3v) is 3.68. The molecule has 5 nitrogen and oxygen atoms in total. The van der Waals surface area contributed by atoms with Crippen molar-refractivity contribution in [1.82, 2.24) is 15.5 Å². The molecule has 2 fully saturated rings. The number of carbonyl (C=O) groups is 1. The summed E-state index contributed by atoms with van der Waals surface area (Å²) < 4.78 is 4.94. The lowest BCUT2D eigenvalue weighted by Crippen LogP contribution is -2.37. The average Bonchev–Trinajstić information content (AvgIpc) is 2.84. The van der Waals surface area contributed by atoms with Crippen LogP contribution in [0.15, 0.2) is 0 Å². The van der Waals surface area contributed by atoms with Gasteiger partial charge in [0.15, 0.2) is 0 Å². The van der Waals surface area contributed by atoms with E-state index in [-0.39, 0.29) is 5.91 Å². The third-order valence-electron chi connectivity index (χ3n) is 3.68. The minimum atomic E-state index is 0.147. The summed E-state index contributed by atoms with van der Waals surface area (Å²) in [5.74, 6) is 1.67. The Morgan fingerprint density at radius 3 is 2.76 bits per heavy atom. The number of rotatable bonds is 6. The lowest BCUT2D eigenvalue weighted by Gasteiger charge is -2.16. The van der Waals surface area contributed by atoms with Crippen molar-refractivity contribution < 1.29 is 9.53 Å². The second kappa shape index (κ2) is 6.33. The van der Waals surface area contributed by atoms with E-state index in [9.17, 15) is 4.79 Å². The van der Waals surface area contributed by atoms with Crippen molar-refractivity contribution in [3.63, 3.8) is 0 Å². The van der Waals surface area contributed by atoms with Crippen molar-refractivity contribution in [2.45, 2.75) is 6.42 Å². The molecule has 0 saturated carbocycles. The first-order chi connectivity index (χ1) is 8.29. The fraction of sp³-hybridized carbons (Fsp3) is 0.917. The molecule has 0 aromatic rings. The summed E-state index contributed by atoms with van der Waals surface area (Å²) in [5.41, 5.74) is 0. The molecule has 2 N–H and O–H groups in total.